The van der Waals surface area contributed by atoms with Crippen molar-refractivity contribution in [3.63, 3.8) is 0 Å². The van der Waals surface area contributed by atoms with Gasteiger partial charge in [-0.3, -0.25) is 4.79 Å². The number of unbranched alkanes of at least 4 members (excludes halogenated alkanes) is 8. The van der Waals surface area contributed by atoms with Crippen LogP contribution in [0.3, 0.4) is 0 Å². The number of fused-ring (bicyclic) bond motifs is 5. The Morgan fingerprint density at radius 3 is 2.27 bits per heavy atom. The number of allylic oxidation sites excluding steroid dienone is 7. The molecule has 4 rings (SSSR count). The maximum atomic E-state index is 12.8. The van der Waals surface area contributed by atoms with Crippen LogP contribution in [0.1, 0.15) is 177 Å². The summed E-state index contributed by atoms with van der Waals surface area (Å²) in [6.45, 7) is 17.1. The first-order valence-electron chi connectivity index (χ1n) is 21.0. The largest absolute Gasteiger partial charge is 0.462 e. The summed E-state index contributed by atoms with van der Waals surface area (Å²) in [7, 11) is 0. The van der Waals surface area contributed by atoms with Crippen molar-refractivity contribution >= 4 is 5.97 Å². The van der Waals surface area contributed by atoms with Gasteiger partial charge in [0.25, 0.3) is 0 Å². The molecule has 0 aliphatic heterocycles. The van der Waals surface area contributed by atoms with Gasteiger partial charge in [0.15, 0.2) is 0 Å². The Morgan fingerprint density at radius 2 is 1.54 bits per heavy atom. The molecule has 2 nitrogen and oxygen atoms in total. The van der Waals surface area contributed by atoms with Gasteiger partial charge in [0.2, 0.25) is 0 Å². The van der Waals surface area contributed by atoms with E-state index in [0.717, 1.165) is 55.8 Å². The molecule has 3 saturated carbocycles. The lowest BCUT2D eigenvalue weighted by Crippen LogP contribution is -2.51. The normalized spacial score (nSPS) is 33.2. The summed E-state index contributed by atoms with van der Waals surface area (Å²) in [4.78, 5) is 12.8. The molecular weight excluding hydrogens is 585 g/mol. The van der Waals surface area contributed by atoms with Crippen LogP contribution in [0, 0.1) is 52.3 Å². The lowest BCUT2D eigenvalue weighted by atomic mass is 9.47. The highest BCUT2D eigenvalue weighted by molar-refractivity contribution is 5.69. The molecule has 3 fully saturated rings. The smallest absolute Gasteiger partial charge is 0.306 e. The fourth-order valence-corrected chi connectivity index (χ4v) is 10.7. The predicted molar refractivity (Wildman–Crippen MR) is 207 cm³/mol. The quantitative estimate of drug-likeness (QED) is 0.0783. The van der Waals surface area contributed by atoms with Gasteiger partial charge in [0.1, 0.15) is 6.10 Å². The topological polar surface area (TPSA) is 26.3 Å². The van der Waals surface area contributed by atoms with Crippen molar-refractivity contribution < 1.29 is 9.53 Å². The minimum absolute atomic E-state index is 0.0416. The van der Waals surface area contributed by atoms with Crippen molar-refractivity contribution in [2.45, 2.75) is 183 Å². The molecule has 1 unspecified atom stereocenters. The van der Waals surface area contributed by atoms with Gasteiger partial charge in [-0.05, 0) is 136 Å². The van der Waals surface area contributed by atoms with Gasteiger partial charge >= 0.3 is 5.97 Å². The van der Waals surface area contributed by atoms with E-state index in [0.29, 0.717) is 35.0 Å². The summed E-state index contributed by atoms with van der Waals surface area (Å²) in [5.74, 6) is 5.44. The van der Waals surface area contributed by atoms with Crippen LogP contribution in [-0.4, -0.2) is 12.1 Å². The average molecular weight is 661 g/mol. The minimum atomic E-state index is 0.0416. The van der Waals surface area contributed by atoms with Crippen LogP contribution in [-0.2, 0) is 9.53 Å². The van der Waals surface area contributed by atoms with Crippen molar-refractivity contribution in [1.82, 2.24) is 0 Å². The monoisotopic (exact) mass is 661 g/mol. The van der Waals surface area contributed by atoms with Gasteiger partial charge in [-0.15, -0.1) is 0 Å². The average Bonchev–Trinajstić information content (AvgIpc) is 3.42. The molecule has 0 saturated heterocycles. The van der Waals surface area contributed by atoms with Crippen LogP contribution >= 0.6 is 0 Å². The number of rotatable bonds is 19. The fraction of sp³-hybridized carbons (Fsp3) is 0.804. The van der Waals surface area contributed by atoms with Gasteiger partial charge < -0.3 is 4.74 Å². The van der Waals surface area contributed by atoms with Gasteiger partial charge in [-0.25, -0.2) is 0 Å². The molecular formula is C46H76O2. The lowest BCUT2D eigenvalue weighted by molar-refractivity contribution is -0.151. The highest BCUT2D eigenvalue weighted by Crippen LogP contribution is 2.67. The van der Waals surface area contributed by atoms with E-state index in [4.69, 9.17) is 4.74 Å². The number of carbonyl (C=O) groups is 1. The van der Waals surface area contributed by atoms with E-state index in [1.807, 2.05) is 0 Å². The molecule has 0 spiro atoms. The molecule has 48 heavy (non-hydrogen) atoms. The summed E-state index contributed by atoms with van der Waals surface area (Å²) < 4.78 is 6.12. The second-order valence-electron chi connectivity index (χ2n) is 17.7. The number of hydrogen-bond donors (Lipinski definition) is 0. The van der Waals surface area contributed by atoms with Gasteiger partial charge in [0, 0.05) is 12.8 Å². The van der Waals surface area contributed by atoms with Crippen molar-refractivity contribution in [1.29, 1.82) is 0 Å². The Morgan fingerprint density at radius 1 is 0.833 bits per heavy atom. The van der Waals surface area contributed by atoms with Crippen molar-refractivity contribution in [3.05, 3.63) is 48.1 Å². The lowest BCUT2D eigenvalue weighted by Gasteiger charge is -2.58. The SMILES string of the molecule is CCCCCC=CCC=CCCCCCCCC(=O)OC1CC[C@@]2(C)C(=CC[C@H]3[C@@H]4CC[C@H]([C@H](C)C=C[C@H](C)C(C)C)[C@@]4(C)CC[C@@H]32)C1. The second-order valence-corrected chi connectivity index (χ2v) is 17.7. The third kappa shape index (κ3) is 10.2. The first-order chi connectivity index (χ1) is 23.1. The molecule has 2 heteroatoms. The Kier molecular flexibility index (Phi) is 15.6. The van der Waals surface area contributed by atoms with Gasteiger partial charge in [-0.2, -0.15) is 0 Å². The first-order valence-corrected chi connectivity index (χ1v) is 21.0. The zero-order chi connectivity index (χ0) is 34.6. The van der Waals surface area contributed by atoms with Crippen molar-refractivity contribution in [2.75, 3.05) is 0 Å². The van der Waals surface area contributed by atoms with Crippen LogP contribution in [0.2, 0.25) is 0 Å². The third-order valence-electron chi connectivity index (χ3n) is 14.2. The molecule has 0 aromatic heterocycles. The highest BCUT2D eigenvalue weighted by atomic mass is 16.5. The van der Waals surface area contributed by atoms with Crippen LogP contribution in [0.4, 0.5) is 0 Å². The van der Waals surface area contributed by atoms with E-state index in [2.05, 4.69) is 91.0 Å². The molecule has 0 aromatic carbocycles. The predicted octanol–water partition coefficient (Wildman–Crippen LogP) is 13.8. The number of hydrogen-bond acceptors (Lipinski definition) is 2. The number of carbonyl (C=O) groups excluding carboxylic acids is 1. The van der Waals surface area contributed by atoms with Gasteiger partial charge in [0.05, 0.1) is 0 Å². The molecule has 0 aromatic rings. The van der Waals surface area contributed by atoms with E-state index in [1.54, 1.807) is 5.57 Å². The number of esters is 1. The third-order valence-corrected chi connectivity index (χ3v) is 14.2. The molecule has 0 bridgehead atoms. The van der Waals surface area contributed by atoms with Crippen molar-refractivity contribution in [3.8, 4) is 0 Å². The molecule has 0 heterocycles. The zero-order valence-corrected chi connectivity index (χ0v) is 32.6. The van der Waals surface area contributed by atoms with Crippen LogP contribution in [0.15, 0.2) is 48.1 Å². The standard InChI is InChI=1S/C46H76O2/c1-8-9-10-11-12-13-14-15-16-17-18-19-20-21-22-23-44(47)48-39-30-32-45(6)38(34-39)26-27-40-42-29-28-41(46(42,7)33-31-43(40)45)37(5)25-24-36(4)35(2)3/h12-13,15-16,24-26,35-37,39-43H,8-11,14,17-23,27-34H2,1-7H3/t36-,37+,39?,40-,41+,42-,43-,45-,46+/m0/s1. The number of ether oxygens (including phenoxy) is 1. The van der Waals surface area contributed by atoms with Crippen molar-refractivity contribution in [2.24, 2.45) is 52.3 Å². The summed E-state index contributed by atoms with van der Waals surface area (Å²) in [6, 6.07) is 0. The second kappa shape index (κ2) is 19.2. The molecule has 9 atom stereocenters. The Bertz CT molecular complexity index is 1090. The first kappa shape index (κ1) is 39.2. The molecule has 0 amide bonds. The Labute approximate surface area is 298 Å². The maximum Gasteiger partial charge on any atom is 0.306 e. The maximum absolute atomic E-state index is 12.8. The Hall–Kier alpha value is -1.57. The van der Waals surface area contributed by atoms with E-state index >= 15 is 0 Å². The Balaban J connectivity index is 1.15. The molecule has 272 valence electrons. The molecule has 4 aliphatic rings. The summed E-state index contributed by atoms with van der Waals surface area (Å²) in [5, 5.41) is 0. The van der Waals surface area contributed by atoms with Crippen LogP contribution in [0.5, 0.6) is 0 Å². The fourth-order valence-electron chi connectivity index (χ4n) is 10.7. The molecule has 0 N–H and O–H groups in total. The zero-order valence-electron chi connectivity index (χ0n) is 32.6. The van der Waals surface area contributed by atoms with E-state index < -0.39 is 0 Å². The van der Waals surface area contributed by atoms with E-state index in [-0.39, 0.29) is 12.1 Å². The highest BCUT2D eigenvalue weighted by Gasteiger charge is 2.59. The summed E-state index contributed by atoms with van der Waals surface area (Å²) in [5.41, 5.74) is 2.42. The molecule has 4 aliphatic carbocycles. The van der Waals surface area contributed by atoms with E-state index in [1.165, 1.54) is 89.9 Å². The van der Waals surface area contributed by atoms with E-state index in [9.17, 15) is 4.79 Å². The van der Waals surface area contributed by atoms with Crippen LogP contribution < -0.4 is 0 Å². The summed E-state index contributed by atoms with van der Waals surface area (Å²) in [6.07, 6.45) is 41.1. The minimum Gasteiger partial charge on any atom is -0.462 e. The summed E-state index contributed by atoms with van der Waals surface area (Å²) >= 11 is 0. The van der Waals surface area contributed by atoms with Crippen LogP contribution in [0.25, 0.3) is 0 Å². The molecule has 0 radical (unpaired) electrons. The van der Waals surface area contributed by atoms with Gasteiger partial charge in [-0.1, -0.05) is 129 Å².